The normalized spacial score (nSPS) is 22.3. The summed E-state index contributed by atoms with van der Waals surface area (Å²) in [4.78, 5) is 11.6. The van der Waals surface area contributed by atoms with Crippen molar-refractivity contribution in [2.75, 3.05) is 24.6 Å². The van der Waals surface area contributed by atoms with Crippen LogP contribution in [0.5, 0.6) is 0 Å². The summed E-state index contributed by atoms with van der Waals surface area (Å²) in [6, 6.07) is 5.37. The maximum Gasteiger partial charge on any atom is 0.251 e. The number of hydrogen-bond acceptors (Lipinski definition) is 3. The molecule has 1 aromatic carbocycles. The van der Waals surface area contributed by atoms with Crippen molar-refractivity contribution < 1.29 is 4.79 Å². The predicted molar refractivity (Wildman–Crippen MR) is 83.9 cm³/mol. The van der Waals surface area contributed by atoms with Crippen LogP contribution in [0.15, 0.2) is 18.2 Å². The Hall–Kier alpha value is -1.71. The summed E-state index contributed by atoms with van der Waals surface area (Å²) >= 11 is 0. The van der Waals surface area contributed by atoms with Crippen LogP contribution in [0.1, 0.15) is 43.0 Å². The van der Waals surface area contributed by atoms with Gasteiger partial charge in [0, 0.05) is 19.2 Å². The van der Waals surface area contributed by atoms with Crippen molar-refractivity contribution in [1.82, 2.24) is 5.32 Å². The summed E-state index contributed by atoms with van der Waals surface area (Å²) in [7, 11) is 1.63. The van der Waals surface area contributed by atoms with Gasteiger partial charge in [-0.1, -0.05) is 19.8 Å². The number of nitrogens with two attached hydrogens (primary N) is 1. The number of hydrogen-bond donors (Lipinski definition) is 3. The molecular weight excluding hydrogens is 250 g/mol. The van der Waals surface area contributed by atoms with Crippen LogP contribution < -0.4 is 16.4 Å². The molecule has 1 aliphatic carbocycles. The van der Waals surface area contributed by atoms with Crippen LogP contribution in [0.2, 0.25) is 0 Å². The Balaban J connectivity index is 1.99. The smallest absolute Gasteiger partial charge is 0.251 e. The topological polar surface area (TPSA) is 67.2 Å². The Bertz CT molecular complexity index is 473. The van der Waals surface area contributed by atoms with E-state index in [2.05, 4.69) is 17.6 Å². The van der Waals surface area contributed by atoms with Crippen LogP contribution in [-0.2, 0) is 0 Å². The minimum Gasteiger partial charge on any atom is -0.397 e. The van der Waals surface area contributed by atoms with Crippen LogP contribution in [0.3, 0.4) is 0 Å². The molecule has 0 spiro atoms. The van der Waals surface area contributed by atoms with Crippen molar-refractivity contribution in [3.8, 4) is 0 Å². The second-order valence-electron chi connectivity index (χ2n) is 5.90. The molecule has 0 aromatic heterocycles. The summed E-state index contributed by atoms with van der Waals surface area (Å²) in [5.41, 5.74) is 8.18. The molecule has 1 saturated carbocycles. The Kier molecular flexibility index (Phi) is 4.88. The zero-order valence-electron chi connectivity index (χ0n) is 12.4. The summed E-state index contributed by atoms with van der Waals surface area (Å²) < 4.78 is 0. The fourth-order valence-corrected chi connectivity index (χ4v) is 2.99. The van der Waals surface area contributed by atoms with E-state index in [0.717, 1.165) is 18.2 Å². The zero-order chi connectivity index (χ0) is 14.5. The number of anilines is 2. The zero-order valence-corrected chi connectivity index (χ0v) is 12.4. The molecule has 0 bridgehead atoms. The monoisotopic (exact) mass is 275 g/mol. The van der Waals surface area contributed by atoms with Crippen molar-refractivity contribution in [3.05, 3.63) is 23.8 Å². The van der Waals surface area contributed by atoms with Gasteiger partial charge in [-0.2, -0.15) is 0 Å². The first kappa shape index (κ1) is 14.7. The first-order valence-corrected chi connectivity index (χ1v) is 7.45. The van der Waals surface area contributed by atoms with Gasteiger partial charge in [0.2, 0.25) is 0 Å². The van der Waals surface area contributed by atoms with Crippen LogP contribution in [0.25, 0.3) is 0 Å². The fourth-order valence-electron chi connectivity index (χ4n) is 2.99. The minimum atomic E-state index is -0.0839. The van der Waals surface area contributed by atoms with Gasteiger partial charge in [0.05, 0.1) is 11.4 Å². The van der Waals surface area contributed by atoms with E-state index in [1.54, 1.807) is 19.2 Å². The summed E-state index contributed by atoms with van der Waals surface area (Å²) in [5, 5.41) is 6.05. The van der Waals surface area contributed by atoms with Gasteiger partial charge in [-0.05, 0) is 42.9 Å². The van der Waals surface area contributed by atoms with Crippen molar-refractivity contribution >= 4 is 17.3 Å². The van der Waals surface area contributed by atoms with Crippen LogP contribution in [0, 0.1) is 11.8 Å². The Morgan fingerprint density at radius 1 is 1.40 bits per heavy atom. The molecule has 0 radical (unpaired) electrons. The van der Waals surface area contributed by atoms with Crippen LogP contribution >= 0.6 is 0 Å². The maximum absolute atomic E-state index is 11.6. The lowest BCUT2D eigenvalue weighted by atomic mass is 9.82. The predicted octanol–water partition coefficient (Wildman–Crippen LogP) is 2.87. The largest absolute Gasteiger partial charge is 0.397 e. The van der Waals surface area contributed by atoms with E-state index in [0.29, 0.717) is 17.2 Å². The molecule has 4 N–H and O–H groups in total. The molecular formula is C16H25N3O. The number of nitrogen functional groups attached to an aromatic ring is 1. The highest BCUT2D eigenvalue weighted by Crippen LogP contribution is 2.29. The van der Waals surface area contributed by atoms with Gasteiger partial charge in [-0.3, -0.25) is 4.79 Å². The standard InChI is InChI=1S/C16H25N3O/c1-11-4-3-5-12(8-11)10-19-15-9-13(16(20)18-2)6-7-14(15)17/h6-7,9,11-12,19H,3-5,8,10,17H2,1-2H3,(H,18,20). The lowest BCUT2D eigenvalue weighted by Gasteiger charge is -2.27. The second kappa shape index (κ2) is 6.64. The molecule has 2 rings (SSSR count). The molecule has 4 heteroatoms. The highest BCUT2D eigenvalue weighted by atomic mass is 16.1. The summed E-state index contributed by atoms with van der Waals surface area (Å²) in [5.74, 6) is 1.45. The van der Waals surface area contributed by atoms with Crippen molar-refractivity contribution in [2.24, 2.45) is 11.8 Å². The third kappa shape index (κ3) is 3.65. The number of rotatable bonds is 4. The van der Waals surface area contributed by atoms with Gasteiger partial charge < -0.3 is 16.4 Å². The average Bonchev–Trinajstić information content (AvgIpc) is 2.45. The SMILES string of the molecule is CNC(=O)c1ccc(N)c(NCC2CCCC(C)C2)c1. The Morgan fingerprint density at radius 2 is 2.20 bits per heavy atom. The third-order valence-corrected chi connectivity index (χ3v) is 4.17. The number of carbonyl (C=O) groups is 1. The van der Waals surface area contributed by atoms with E-state index in [-0.39, 0.29) is 5.91 Å². The number of nitrogens with one attached hydrogen (secondary N) is 2. The molecule has 0 saturated heterocycles. The molecule has 0 heterocycles. The molecule has 1 aromatic rings. The highest BCUT2D eigenvalue weighted by Gasteiger charge is 2.18. The minimum absolute atomic E-state index is 0.0839. The van der Waals surface area contributed by atoms with Crippen LogP contribution in [0.4, 0.5) is 11.4 Å². The molecule has 20 heavy (non-hydrogen) atoms. The summed E-state index contributed by atoms with van der Waals surface area (Å²) in [6.07, 6.45) is 5.24. The quantitative estimate of drug-likeness (QED) is 0.740. The second-order valence-corrected chi connectivity index (χ2v) is 5.90. The molecule has 1 fully saturated rings. The van der Waals surface area contributed by atoms with Gasteiger partial charge in [0.25, 0.3) is 5.91 Å². The molecule has 4 nitrogen and oxygen atoms in total. The highest BCUT2D eigenvalue weighted by molar-refractivity contribution is 5.96. The average molecular weight is 275 g/mol. The molecule has 0 aliphatic heterocycles. The molecule has 110 valence electrons. The van der Waals surface area contributed by atoms with E-state index in [4.69, 9.17) is 5.73 Å². The lowest BCUT2D eigenvalue weighted by molar-refractivity contribution is 0.0963. The van der Waals surface area contributed by atoms with Gasteiger partial charge in [-0.15, -0.1) is 0 Å². The molecule has 2 unspecified atom stereocenters. The van der Waals surface area contributed by atoms with E-state index >= 15 is 0 Å². The van der Waals surface area contributed by atoms with Gasteiger partial charge >= 0.3 is 0 Å². The lowest BCUT2D eigenvalue weighted by Crippen LogP contribution is -2.22. The molecule has 2 atom stereocenters. The Morgan fingerprint density at radius 3 is 2.90 bits per heavy atom. The van der Waals surface area contributed by atoms with Crippen molar-refractivity contribution in [1.29, 1.82) is 0 Å². The number of benzene rings is 1. The number of amides is 1. The van der Waals surface area contributed by atoms with Crippen LogP contribution in [-0.4, -0.2) is 19.5 Å². The number of carbonyl (C=O) groups excluding carboxylic acids is 1. The van der Waals surface area contributed by atoms with Gasteiger partial charge in [0.1, 0.15) is 0 Å². The van der Waals surface area contributed by atoms with E-state index in [9.17, 15) is 4.79 Å². The summed E-state index contributed by atoms with van der Waals surface area (Å²) in [6.45, 7) is 3.26. The van der Waals surface area contributed by atoms with E-state index < -0.39 is 0 Å². The fraction of sp³-hybridized carbons (Fsp3) is 0.562. The van der Waals surface area contributed by atoms with Crippen molar-refractivity contribution in [3.63, 3.8) is 0 Å². The first-order valence-electron chi connectivity index (χ1n) is 7.45. The van der Waals surface area contributed by atoms with Gasteiger partial charge in [-0.25, -0.2) is 0 Å². The molecule has 1 amide bonds. The first-order chi connectivity index (χ1) is 9.60. The maximum atomic E-state index is 11.6. The Labute approximate surface area is 121 Å². The van der Waals surface area contributed by atoms with Crippen molar-refractivity contribution in [2.45, 2.75) is 32.6 Å². The van der Waals surface area contributed by atoms with E-state index in [1.165, 1.54) is 25.7 Å². The third-order valence-electron chi connectivity index (χ3n) is 4.17. The van der Waals surface area contributed by atoms with Gasteiger partial charge in [0.15, 0.2) is 0 Å². The molecule has 1 aliphatic rings. The van der Waals surface area contributed by atoms with E-state index in [1.807, 2.05) is 6.07 Å².